The highest BCUT2D eigenvalue weighted by atomic mass is 16.6. The number of nitrogens with zero attached hydrogens (tertiary/aromatic N) is 5. The summed E-state index contributed by atoms with van der Waals surface area (Å²) in [5.74, 6) is 0. The van der Waals surface area contributed by atoms with E-state index in [1.807, 2.05) is 0 Å². The summed E-state index contributed by atoms with van der Waals surface area (Å²) in [4.78, 5) is 12.1. The number of aliphatic hydroxyl groups is 3. The van der Waals surface area contributed by atoms with Gasteiger partial charge in [0.05, 0.1) is 6.61 Å². The molecule has 0 radical (unpaired) electrons. The van der Waals surface area contributed by atoms with E-state index in [9.17, 15) is 15.0 Å². The molecule has 1 fully saturated rings. The second-order valence-electron chi connectivity index (χ2n) is 4.18. The summed E-state index contributed by atoms with van der Waals surface area (Å²) in [7, 11) is 0. The molecule has 1 aliphatic heterocycles. The van der Waals surface area contributed by atoms with E-state index in [4.69, 9.17) is 9.84 Å². The minimum absolute atomic E-state index is 0.257. The lowest BCUT2D eigenvalue weighted by atomic mass is 10.1. The van der Waals surface area contributed by atoms with Gasteiger partial charge in [0.25, 0.3) is 0 Å². The first-order valence-electron chi connectivity index (χ1n) is 5.55. The zero-order valence-corrected chi connectivity index (χ0v) is 9.57. The zero-order valence-electron chi connectivity index (χ0n) is 9.57. The van der Waals surface area contributed by atoms with Crippen molar-refractivity contribution in [2.75, 3.05) is 6.61 Å². The number of fused-ring (bicyclic) bond motifs is 1. The molecular weight excluding hydrogens is 258 g/mol. The average molecular weight is 269 g/mol. The molecule has 10 heteroatoms. The molecule has 1 aliphatic rings. The quantitative estimate of drug-likeness (QED) is 0.521. The molecule has 102 valence electrons. The van der Waals surface area contributed by atoms with E-state index in [2.05, 4.69) is 15.5 Å². The van der Waals surface area contributed by atoms with E-state index in [0.717, 1.165) is 9.08 Å². The molecule has 1 saturated heterocycles. The van der Waals surface area contributed by atoms with Gasteiger partial charge >= 0.3 is 5.69 Å². The smallest absolute Gasteiger partial charge is 0.354 e. The van der Waals surface area contributed by atoms with Crippen molar-refractivity contribution in [3.05, 3.63) is 22.7 Å². The van der Waals surface area contributed by atoms with E-state index in [0.29, 0.717) is 0 Å². The fourth-order valence-corrected chi connectivity index (χ4v) is 2.06. The molecule has 0 spiro atoms. The molecule has 2 aromatic heterocycles. The minimum Gasteiger partial charge on any atom is -0.394 e. The van der Waals surface area contributed by atoms with Crippen LogP contribution in [0.2, 0.25) is 0 Å². The number of hydrogen-bond donors (Lipinski definition) is 3. The number of rotatable bonds is 2. The van der Waals surface area contributed by atoms with E-state index >= 15 is 0 Å². The van der Waals surface area contributed by atoms with Crippen LogP contribution in [0.5, 0.6) is 0 Å². The molecule has 4 atom stereocenters. The lowest BCUT2D eigenvalue weighted by Gasteiger charge is -2.16. The van der Waals surface area contributed by atoms with Crippen molar-refractivity contribution >= 4 is 5.65 Å². The highest BCUT2D eigenvalue weighted by molar-refractivity contribution is 5.31. The summed E-state index contributed by atoms with van der Waals surface area (Å²) in [5.41, 5.74) is -0.356. The van der Waals surface area contributed by atoms with Gasteiger partial charge in [-0.1, -0.05) is 0 Å². The normalized spacial score (nSPS) is 31.1. The molecular formula is C9H11N5O5. The predicted molar refractivity (Wildman–Crippen MR) is 58.1 cm³/mol. The largest absolute Gasteiger partial charge is 0.394 e. The van der Waals surface area contributed by atoms with Crippen molar-refractivity contribution in [1.29, 1.82) is 0 Å². The topological polar surface area (TPSA) is 135 Å². The van der Waals surface area contributed by atoms with E-state index < -0.39 is 36.8 Å². The van der Waals surface area contributed by atoms with E-state index in [1.54, 1.807) is 0 Å². The third-order valence-corrected chi connectivity index (χ3v) is 3.07. The van der Waals surface area contributed by atoms with Crippen LogP contribution in [0, 0.1) is 0 Å². The first kappa shape index (κ1) is 12.2. The number of tetrazole rings is 1. The van der Waals surface area contributed by atoms with Gasteiger partial charge in [0.15, 0.2) is 11.9 Å². The van der Waals surface area contributed by atoms with Crippen LogP contribution in [-0.4, -0.2) is 64.8 Å². The van der Waals surface area contributed by atoms with Crippen molar-refractivity contribution in [1.82, 2.24) is 24.6 Å². The molecule has 0 saturated carbocycles. The van der Waals surface area contributed by atoms with Gasteiger partial charge in [-0.3, -0.25) is 4.57 Å². The number of aromatic nitrogens is 5. The molecule has 3 heterocycles. The second kappa shape index (κ2) is 4.35. The fraction of sp³-hybridized carbons (Fsp3) is 0.556. The maximum atomic E-state index is 12.1. The fourth-order valence-electron chi connectivity index (χ4n) is 2.06. The molecule has 0 aromatic carbocycles. The lowest BCUT2D eigenvalue weighted by Crippen LogP contribution is -2.37. The molecule has 10 nitrogen and oxygen atoms in total. The molecule has 19 heavy (non-hydrogen) atoms. The summed E-state index contributed by atoms with van der Waals surface area (Å²) in [6.07, 6.45) is -3.30. The van der Waals surface area contributed by atoms with Gasteiger partial charge in [0.2, 0.25) is 0 Å². The van der Waals surface area contributed by atoms with Crippen molar-refractivity contribution < 1.29 is 20.1 Å². The Kier molecular flexibility index (Phi) is 2.78. The van der Waals surface area contributed by atoms with Gasteiger partial charge < -0.3 is 20.1 Å². The third kappa shape index (κ3) is 1.73. The van der Waals surface area contributed by atoms with Crippen LogP contribution in [0.15, 0.2) is 17.1 Å². The Hall–Kier alpha value is -1.88. The van der Waals surface area contributed by atoms with Crippen LogP contribution in [0.1, 0.15) is 6.23 Å². The molecule has 0 amide bonds. The van der Waals surface area contributed by atoms with Crippen LogP contribution in [0.25, 0.3) is 5.65 Å². The molecule has 3 N–H and O–H groups in total. The predicted octanol–water partition coefficient (Wildman–Crippen LogP) is -3.10. The Labute approximate surface area is 105 Å². The minimum atomic E-state index is -1.33. The second-order valence-corrected chi connectivity index (χ2v) is 4.18. The number of aliphatic hydroxyl groups excluding tert-OH is 3. The van der Waals surface area contributed by atoms with Gasteiger partial charge in [0.1, 0.15) is 18.3 Å². The van der Waals surface area contributed by atoms with Crippen LogP contribution in [0.4, 0.5) is 0 Å². The van der Waals surface area contributed by atoms with Crippen molar-refractivity contribution in [2.45, 2.75) is 24.5 Å². The standard InChI is InChI=1S/C9H11N5O5/c15-3-4-6(16)7(17)8(19-4)13-2-1-5-10-11-12-14(5)9(13)18/h1-2,4,6-8,15-17H,3H2. The highest BCUT2D eigenvalue weighted by Crippen LogP contribution is 2.27. The molecule has 0 aliphatic carbocycles. The van der Waals surface area contributed by atoms with E-state index in [1.165, 1.54) is 12.3 Å². The monoisotopic (exact) mass is 269 g/mol. The van der Waals surface area contributed by atoms with Crippen LogP contribution in [0.3, 0.4) is 0 Å². The van der Waals surface area contributed by atoms with Gasteiger partial charge in [-0.2, -0.15) is 0 Å². The first-order chi connectivity index (χ1) is 9.13. The molecule has 0 bridgehead atoms. The Morgan fingerprint density at radius 2 is 2.16 bits per heavy atom. The van der Waals surface area contributed by atoms with Crippen LogP contribution in [-0.2, 0) is 4.74 Å². The van der Waals surface area contributed by atoms with Gasteiger partial charge in [-0.05, 0) is 10.4 Å². The number of ether oxygens (including phenoxy) is 1. The first-order valence-corrected chi connectivity index (χ1v) is 5.55. The average Bonchev–Trinajstić information content (AvgIpc) is 2.98. The molecule has 3 rings (SSSR count). The van der Waals surface area contributed by atoms with Crippen LogP contribution >= 0.6 is 0 Å². The molecule has 2 aromatic rings. The van der Waals surface area contributed by atoms with Crippen molar-refractivity contribution in [3.8, 4) is 0 Å². The summed E-state index contributed by atoms with van der Waals surface area (Å²) >= 11 is 0. The van der Waals surface area contributed by atoms with Crippen molar-refractivity contribution in [2.24, 2.45) is 0 Å². The Balaban J connectivity index is 2.05. The van der Waals surface area contributed by atoms with Gasteiger partial charge in [-0.25, -0.2) is 4.79 Å². The summed E-state index contributed by atoms with van der Waals surface area (Å²) in [6, 6.07) is 1.47. The Bertz CT molecular complexity index is 654. The SMILES string of the molecule is O=c1n(C2OC(CO)C(O)C2O)ccc2nnnn12. The number of hydrogen-bond acceptors (Lipinski definition) is 8. The highest BCUT2D eigenvalue weighted by Gasteiger charge is 2.43. The molecule has 4 unspecified atom stereocenters. The van der Waals surface area contributed by atoms with Crippen LogP contribution < -0.4 is 5.69 Å². The lowest BCUT2D eigenvalue weighted by molar-refractivity contribution is -0.0552. The Morgan fingerprint density at radius 3 is 2.84 bits per heavy atom. The summed E-state index contributed by atoms with van der Waals surface area (Å²) < 4.78 is 7.26. The Morgan fingerprint density at radius 1 is 1.37 bits per heavy atom. The maximum Gasteiger partial charge on any atom is 0.354 e. The van der Waals surface area contributed by atoms with Crippen molar-refractivity contribution in [3.63, 3.8) is 0 Å². The summed E-state index contributed by atoms with van der Waals surface area (Å²) in [6.45, 7) is -0.462. The summed E-state index contributed by atoms with van der Waals surface area (Å²) in [5, 5.41) is 39.0. The van der Waals surface area contributed by atoms with Gasteiger partial charge in [-0.15, -0.1) is 9.61 Å². The third-order valence-electron chi connectivity index (χ3n) is 3.07. The van der Waals surface area contributed by atoms with E-state index in [-0.39, 0.29) is 5.65 Å². The zero-order chi connectivity index (χ0) is 13.6. The van der Waals surface area contributed by atoms with Gasteiger partial charge in [0, 0.05) is 12.3 Å². The maximum absolute atomic E-state index is 12.1.